The van der Waals surface area contributed by atoms with E-state index in [1.54, 1.807) is 6.20 Å². The summed E-state index contributed by atoms with van der Waals surface area (Å²) in [5, 5.41) is 14.3. The van der Waals surface area contributed by atoms with Crippen LogP contribution in [-0.2, 0) is 11.2 Å². The molecule has 6 nitrogen and oxygen atoms in total. The number of anilines is 2. The second-order valence-electron chi connectivity index (χ2n) is 6.44. The second kappa shape index (κ2) is 8.46. The Kier molecular flexibility index (Phi) is 5.82. The molecule has 1 aromatic carbocycles. The third kappa shape index (κ3) is 5.17. The van der Waals surface area contributed by atoms with Crippen LogP contribution < -0.4 is 15.5 Å². The highest BCUT2D eigenvalue weighted by Crippen LogP contribution is 2.20. The van der Waals surface area contributed by atoms with Gasteiger partial charge in [0.05, 0.1) is 18.3 Å². The Hall–Kier alpha value is -2.63. The Morgan fingerprint density at radius 1 is 1.20 bits per heavy atom. The number of hydrogen-bond acceptors (Lipinski definition) is 5. The highest BCUT2D eigenvalue weighted by Gasteiger charge is 2.13. The van der Waals surface area contributed by atoms with Crippen LogP contribution in [0.4, 0.5) is 11.5 Å². The molecule has 1 aliphatic rings. The summed E-state index contributed by atoms with van der Waals surface area (Å²) in [6, 6.07) is 10.0. The van der Waals surface area contributed by atoms with Gasteiger partial charge in [0.1, 0.15) is 0 Å². The van der Waals surface area contributed by atoms with Gasteiger partial charge >= 0.3 is 0 Å². The lowest BCUT2D eigenvalue weighted by Crippen LogP contribution is -2.30. The molecule has 1 aliphatic heterocycles. The van der Waals surface area contributed by atoms with Crippen LogP contribution in [0.5, 0.6) is 0 Å². The molecule has 0 bridgehead atoms. The first-order valence-electron chi connectivity index (χ1n) is 8.84. The van der Waals surface area contributed by atoms with E-state index in [-0.39, 0.29) is 5.91 Å². The zero-order valence-electron chi connectivity index (χ0n) is 14.7. The molecule has 0 atom stereocenters. The summed E-state index contributed by atoms with van der Waals surface area (Å²) in [6.07, 6.45) is 4.68. The van der Waals surface area contributed by atoms with Gasteiger partial charge in [-0.25, -0.2) is 0 Å². The third-order valence-corrected chi connectivity index (χ3v) is 4.31. The lowest BCUT2D eigenvalue weighted by Gasteiger charge is -2.17. The number of aromatic nitrogens is 2. The molecule has 25 heavy (non-hydrogen) atoms. The number of nitrogens with zero attached hydrogens (tertiary/aromatic N) is 3. The minimum atomic E-state index is 0.0318. The van der Waals surface area contributed by atoms with Crippen molar-refractivity contribution in [3.05, 3.63) is 47.7 Å². The van der Waals surface area contributed by atoms with Gasteiger partial charge in [-0.3, -0.25) is 4.79 Å². The van der Waals surface area contributed by atoms with Gasteiger partial charge in [-0.15, -0.1) is 5.10 Å². The topological polar surface area (TPSA) is 70.2 Å². The third-order valence-electron chi connectivity index (χ3n) is 4.31. The Labute approximate surface area is 148 Å². The number of carbonyl (C=O) groups excluding carboxylic acids is 1. The average molecular weight is 339 g/mol. The minimum absolute atomic E-state index is 0.0318. The van der Waals surface area contributed by atoms with Crippen molar-refractivity contribution in [2.24, 2.45) is 0 Å². The largest absolute Gasteiger partial charge is 0.370 e. The first-order valence-corrected chi connectivity index (χ1v) is 8.84. The summed E-state index contributed by atoms with van der Waals surface area (Å²) in [5.41, 5.74) is 3.32. The van der Waals surface area contributed by atoms with Crippen molar-refractivity contribution in [3.63, 3.8) is 0 Å². The van der Waals surface area contributed by atoms with Gasteiger partial charge in [-0.1, -0.05) is 29.8 Å². The number of amides is 1. The van der Waals surface area contributed by atoms with E-state index in [9.17, 15) is 4.79 Å². The van der Waals surface area contributed by atoms with E-state index >= 15 is 0 Å². The first-order chi connectivity index (χ1) is 12.2. The molecular weight excluding hydrogens is 314 g/mol. The van der Waals surface area contributed by atoms with Gasteiger partial charge in [-0.2, -0.15) is 5.10 Å². The molecule has 1 saturated heterocycles. The minimum Gasteiger partial charge on any atom is -0.370 e. The summed E-state index contributed by atoms with van der Waals surface area (Å²) >= 11 is 0. The van der Waals surface area contributed by atoms with Crippen molar-refractivity contribution in [2.45, 2.75) is 26.2 Å². The van der Waals surface area contributed by atoms with Crippen LogP contribution in [-0.4, -0.2) is 42.3 Å². The van der Waals surface area contributed by atoms with E-state index in [0.717, 1.165) is 30.2 Å². The van der Waals surface area contributed by atoms with Gasteiger partial charge < -0.3 is 15.5 Å². The molecule has 6 heteroatoms. The molecule has 1 amide bonds. The molecule has 2 heterocycles. The zero-order valence-corrected chi connectivity index (χ0v) is 14.7. The smallest absolute Gasteiger partial charge is 0.224 e. The molecule has 1 fully saturated rings. The highest BCUT2D eigenvalue weighted by atomic mass is 16.1. The molecule has 0 saturated carbocycles. The monoisotopic (exact) mass is 339 g/mol. The summed E-state index contributed by atoms with van der Waals surface area (Å²) in [4.78, 5) is 14.3. The van der Waals surface area contributed by atoms with Gasteiger partial charge in [0, 0.05) is 32.2 Å². The van der Waals surface area contributed by atoms with Crippen molar-refractivity contribution >= 4 is 17.4 Å². The standard InChI is InChI=1S/C19H25N5O/c1-15-5-4-6-16(11-15)12-19(25)21-8-7-20-18-13-17(14-22-23-18)24-9-2-3-10-24/h4-6,11,13-14H,2-3,7-10,12H2,1H3,(H,20,23)(H,21,25). The van der Waals surface area contributed by atoms with Crippen LogP contribution >= 0.6 is 0 Å². The summed E-state index contributed by atoms with van der Waals surface area (Å²) in [6.45, 7) is 5.38. The van der Waals surface area contributed by atoms with Crippen molar-refractivity contribution in [2.75, 3.05) is 36.4 Å². The lowest BCUT2D eigenvalue weighted by molar-refractivity contribution is -0.120. The molecule has 2 N–H and O–H groups in total. The maximum Gasteiger partial charge on any atom is 0.224 e. The first kappa shape index (κ1) is 17.2. The number of hydrogen-bond donors (Lipinski definition) is 2. The fourth-order valence-corrected chi connectivity index (χ4v) is 3.05. The van der Waals surface area contributed by atoms with Crippen molar-refractivity contribution in [1.82, 2.24) is 15.5 Å². The molecule has 0 unspecified atom stereocenters. The summed E-state index contributed by atoms with van der Waals surface area (Å²) in [5.74, 6) is 0.779. The van der Waals surface area contributed by atoms with E-state index in [0.29, 0.717) is 19.5 Å². The Bertz CT molecular complexity index is 712. The predicted molar refractivity (Wildman–Crippen MR) is 99.9 cm³/mol. The van der Waals surface area contributed by atoms with Gasteiger partial charge in [0.2, 0.25) is 5.91 Å². The van der Waals surface area contributed by atoms with E-state index in [2.05, 4.69) is 25.7 Å². The molecule has 3 rings (SSSR count). The van der Waals surface area contributed by atoms with Gasteiger partial charge in [-0.05, 0) is 25.3 Å². The van der Waals surface area contributed by atoms with Crippen LogP contribution in [0.15, 0.2) is 36.5 Å². The lowest BCUT2D eigenvalue weighted by atomic mass is 10.1. The SMILES string of the molecule is Cc1cccc(CC(=O)NCCNc2cc(N3CCCC3)cnn2)c1. The molecule has 0 aliphatic carbocycles. The molecular formula is C19H25N5O. The van der Waals surface area contributed by atoms with Crippen molar-refractivity contribution in [1.29, 1.82) is 0 Å². The zero-order chi connectivity index (χ0) is 17.5. The average Bonchev–Trinajstić information content (AvgIpc) is 3.14. The maximum atomic E-state index is 12.0. The van der Waals surface area contributed by atoms with Crippen LogP contribution in [0.2, 0.25) is 0 Å². The molecule has 132 valence electrons. The number of carbonyl (C=O) groups is 1. The quantitative estimate of drug-likeness (QED) is 0.757. The van der Waals surface area contributed by atoms with Gasteiger partial charge in [0.15, 0.2) is 5.82 Å². The van der Waals surface area contributed by atoms with Crippen molar-refractivity contribution in [3.8, 4) is 0 Å². The summed E-state index contributed by atoms with van der Waals surface area (Å²) < 4.78 is 0. The number of aryl methyl sites for hydroxylation is 1. The fraction of sp³-hybridized carbons (Fsp3) is 0.421. The van der Waals surface area contributed by atoms with Crippen LogP contribution in [0.25, 0.3) is 0 Å². The van der Waals surface area contributed by atoms with E-state index in [4.69, 9.17) is 0 Å². The molecule has 0 spiro atoms. The maximum absolute atomic E-state index is 12.0. The summed E-state index contributed by atoms with van der Waals surface area (Å²) in [7, 11) is 0. The highest BCUT2D eigenvalue weighted by molar-refractivity contribution is 5.78. The van der Waals surface area contributed by atoms with Crippen molar-refractivity contribution < 1.29 is 4.79 Å². The second-order valence-corrected chi connectivity index (χ2v) is 6.44. The van der Waals surface area contributed by atoms with E-state index in [1.165, 1.54) is 18.4 Å². The normalized spacial score (nSPS) is 13.7. The van der Waals surface area contributed by atoms with Gasteiger partial charge in [0.25, 0.3) is 0 Å². The fourth-order valence-electron chi connectivity index (χ4n) is 3.05. The van der Waals surface area contributed by atoms with Crippen LogP contribution in [0, 0.1) is 6.92 Å². The number of rotatable bonds is 7. The van der Waals surface area contributed by atoms with Crippen LogP contribution in [0.3, 0.4) is 0 Å². The molecule has 1 aromatic heterocycles. The number of nitrogens with one attached hydrogen (secondary N) is 2. The molecule has 0 radical (unpaired) electrons. The molecule has 2 aromatic rings. The van der Waals surface area contributed by atoms with E-state index < -0.39 is 0 Å². The van der Waals surface area contributed by atoms with Crippen LogP contribution in [0.1, 0.15) is 24.0 Å². The predicted octanol–water partition coefficient (Wildman–Crippen LogP) is 2.16. The number of benzene rings is 1. The van der Waals surface area contributed by atoms with E-state index in [1.807, 2.05) is 37.3 Å². The Balaban J connectivity index is 1.41. The Morgan fingerprint density at radius 3 is 2.84 bits per heavy atom. The Morgan fingerprint density at radius 2 is 2.04 bits per heavy atom.